The zero-order valence-corrected chi connectivity index (χ0v) is 10.4. The number of hydrogen-bond acceptors (Lipinski definition) is 5. The summed E-state index contributed by atoms with van der Waals surface area (Å²) in [4.78, 5) is 36.1. The molecule has 1 fully saturated rings. The Kier molecular flexibility index (Phi) is 3.50. The third-order valence-corrected chi connectivity index (χ3v) is 2.99. The van der Waals surface area contributed by atoms with Gasteiger partial charge in [0.05, 0.1) is 6.07 Å². The first-order valence-corrected chi connectivity index (χ1v) is 5.78. The maximum Gasteiger partial charge on any atom is 0.433 e. The summed E-state index contributed by atoms with van der Waals surface area (Å²) in [6.45, 7) is 3.20. The van der Waals surface area contributed by atoms with Crippen molar-refractivity contribution in [3.05, 3.63) is 28.0 Å². The molecule has 0 saturated carbocycles. The summed E-state index contributed by atoms with van der Waals surface area (Å²) in [5, 5.41) is 10.5. The standard InChI is InChI=1S/C11H13N3O5/c1-8(15)12-4-6-13(7-5-12)11(16)9-2-3-10(19-9)14(17)18/h2-3H,4-7H2,1H3. The zero-order valence-electron chi connectivity index (χ0n) is 10.4. The fraction of sp³-hybridized carbons (Fsp3) is 0.455. The van der Waals surface area contributed by atoms with E-state index >= 15 is 0 Å². The molecule has 8 heteroatoms. The van der Waals surface area contributed by atoms with Gasteiger partial charge in [0.25, 0.3) is 5.91 Å². The van der Waals surface area contributed by atoms with E-state index in [1.165, 1.54) is 17.9 Å². The van der Waals surface area contributed by atoms with Crippen molar-refractivity contribution in [3.8, 4) is 0 Å². The van der Waals surface area contributed by atoms with E-state index < -0.39 is 16.7 Å². The molecule has 0 spiro atoms. The second-order valence-corrected chi connectivity index (χ2v) is 4.19. The first-order valence-electron chi connectivity index (χ1n) is 5.78. The van der Waals surface area contributed by atoms with Crippen LogP contribution in [-0.4, -0.2) is 52.7 Å². The number of hydrogen-bond donors (Lipinski definition) is 0. The van der Waals surface area contributed by atoms with Crippen LogP contribution in [0.15, 0.2) is 16.5 Å². The fourth-order valence-corrected chi connectivity index (χ4v) is 1.92. The highest BCUT2D eigenvalue weighted by atomic mass is 16.6. The molecule has 0 aliphatic carbocycles. The summed E-state index contributed by atoms with van der Waals surface area (Å²) < 4.78 is 4.86. The molecule has 8 nitrogen and oxygen atoms in total. The molecular formula is C11H13N3O5. The number of nitro groups is 1. The molecule has 2 heterocycles. The van der Waals surface area contributed by atoms with Gasteiger partial charge < -0.3 is 14.2 Å². The van der Waals surface area contributed by atoms with Gasteiger partial charge in [-0.05, 0) is 6.07 Å². The minimum absolute atomic E-state index is 0.0271. The molecule has 1 aromatic rings. The molecule has 1 aliphatic heterocycles. The van der Waals surface area contributed by atoms with E-state index in [1.807, 2.05) is 0 Å². The molecule has 2 rings (SSSR count). The van der Waals surface area contributed by atoms with Gasteiger partial charge in [-0.25, -0.2) is 0 Å². The van der Waals surface area contributed by atoms with Gasteiger partial charge >= 0.3 is 5.88 Å². The molecule has 0 aromatic carbocycles. The van der Waals surface area contributed by atoms with E-state index in [-0.39, 0.29) is 11.7 Å². The lowest BCUT2D eigenvalue weighted by molar-refractivity contribution is -0.402. The lowest BCUT2D eigenvalue weighted by atomic mass is 10.3. The highest BCUT2D eigenvalue weighted by Crippen LogP contribution is 2.18. The Morgan fingerprint density at radius 1 is 1.21 bits per heavy atom. The van der Waals surface area contributed by atoms with E-state index in [0.29, 0.717) is 26.2 Å². The van der Waals surface area contributed by atoms with E-state index in [1.54, 1.807) is 4.90 Å². The second-order valence-electron chi connectivity index (χ2n) is 4.19. The second kappa shape index (κ2) is 5.09. The molecule has 19 heavy (non-hydrogen) atoms. The van der Waals surface area contributed by atoms with Crippen LogP contribution in [-0.2, 0) is 4.79 Å². The number of carbonyl (C=O) groups excluding carboxylic acids is 2. The van der Waals surface area contributed by atoms with Crippen LogP contribution in [0.2, 0.25) is 0 Å². The zero-order chi connectivity index (χ0) is 14.0. The van der Waals surface area contributed by atoms with Crippen LogP contribution >= 0.6 is 0 Å². The first-order chi connectivity index (χ1) is 8.99. The van der Waals surface area contributed by atoms with Gasteiger partial charge in [-0.2, -0.15) is 0 Å². The number of nitrogens with zero attached hydrogens (tertiary/aromatic N) is 3. The van der Waals surface area contributed by atoms with Gasteiger partial charge in [-0.3, -0.25) is 19.7 Å². The molecule has 0 N–H and O–H groups in total. The maximum absolute atomic E-state index is 12.0. The Morgan fingerprint density at radius 3 is 2.26 bits per heavy atom. The van der Waals surface area contributed by atoms with Crippen LogP contribution in [0.4, 0.5) is 5.88 Å². The van der Waals surface area contributed by atoms with Crippen LogP contribution in [0.25, 0.3) is 0 Å². The first kappa shape index (κ1) is 13.1. The fourth-order valence-electron chi connectivity index (χ4n) is 1.92. The largest absolute Gasteiger partial charge is 0.433 e. The Morgan fingerprint density at radius 2 is 1.79 bits per heavy atom. The number of carbonyl (C=O) groups is 2. The highest BCUT2D eigenvalue weighted by Gasteiger charge is 2.26. The lowest BCUT2D eigenvalue weighted by Gasteiger charge is -2.33. The quantitative estimate of drug-likeness (QED) is 0.574. The summed E-state index contributed by atoms with van der Waals surface area (Å²) in [5.41, 5.74) is 0. The Labute approximate surface area is 108 Å². The van der Waals surface area contributed by atoms with Crippen LogP contribution in [0.3, 0.4) is 0 Å². The van der Waals surface area contributed by atoms with Gasteiger partial charge in [-0.1, -0.05) is 0 Å². The average molecular weight is 267 g/mol. The van der Waals surface area contributed by atoms with Crippen molar-refractivity contribution in [1.82, 2.24) is 9.80 Å². The van der Waals surface area contributed by atoms with Crippen LogP contribution in [0.1, 0.15) is 17.5 Å². The Balaban J connectivity index is 2.01. The molecule has 1 saturated heterocycles. The van der Waals surface area contributed by atoms with Crippen molar-refractivity contribution in [2.24, 2.45) is 0 Å². The molecule has 0 atom stereocenters. The van der Waals surface area contributed by atoms with Crippen molar-refractivity contribution < 1.29 is 18.9 Å². The smallest absolute Gasteiger partial charge is 0.395 e. The minimum Gasteiger partial charge on any atom is -0.395 e. The molecule has 1 aromatic heterocycles. The summed E-state index contributed by atoms with van der Waals surface area (Å²) in [6.07, 6.45) is 0. The molecule has 2 amide bonds. The monoisotopic (exact) mass is 267 g/mol. The molecular weight excluding hydrogens is 254 g/mol. The summed E-state index contributed by atoms with van der Waals surface area (Å²) in [6, 6.07) is 2.44. The number of piperazine rings is 1. The lowest BCUT2D eigenvalue weighted by Crippen LogP contribution is -2.50. The van der Waals surface area contributed by atoms with Crippen LogP contribution < -0.4 is 0 Å². The van der Waals surface area contributed by atoms with Gasteiger partial charge in [0.2, 0.25) is 5.91 Å². The summed E-state index contributed by atoms with van der Waals surface area (Å²) in [5.74, 6) is -0.925. The van der Waals surface area contributed by atoms with Crippen molar-refractivity contribution in [2.45, 2.75) is 6.92 Å². The molecule has 1 aliphatic rings. The van der Waals surface area contributed by atoms with Crippen molar-refractivity contribution in [2.75, 3.05) is 26.2 Å². The van der Waals surface area contributed by atoms with Crippen molar-refractivity contribution in [1.29, 1.82) is 0 Å². The summed E-state index contributed by atoms with van der Waals surface area (Å²) in [7, 11) is 0. The summed E-state index contributed by atoms with van der Waals surface area (Å²) >= 11 is 0. The van der Waals surface area contributed by atoms with Crippen LogP contribution in [0.5, 0.6) is 0 Å². The van der Waals surface area contributed by atoms with E-state index in [4.69, 9.17) is 4.42 Å². The van der Waals surface area contributed by atoms with Crippen molar-refractivity contribution in [3.63, 3.8) is 0 Å². The Bertz CT molecular complexity index is 516. The van der Waals surface area contributed by atoms with Gasteiger partial charge in [0, 0.05) is 33.1 Å². The number of amides is 2. The number of rotatable bonds is 2. The minimum atomic E-state index is -0.690. The third-order valence-electron chi connectivity index (χ3n) is 2.99. The molecule has 0 unspecified atom stereocenters. The van der Waals surface area contributed by atoms with Crippen LogP contribution in [0, 0.1) is 10.1 Å². The van der Waals surface area contributed by atoms with E-state index in [0.717, 1.165) is 6.07 Å². The number of furan rings is 1. The Hall–Kier alpha value is -2.38. The van der Waals surface area contributed by atoms with E-state index in [2.05, 4.69) is 0 Å². The van der Waals surface area contributed by atoms with Gasteiger partial charge in [0.15, 0.2) is 5.76 Å². The highest BCUT2D eigenvalue weighted by molar-refractivity contribution is 5.92. The maximum atomic E-state index is 12.0. The predicted octanol–water partition coefficient (Wildman–Crippen LogP) is 0.492. The third kappa shape index (κ3) is 2.72. The topological polar surface area (TPSA) is 96.9 Å². The van der Waals surface area contributed by atoms with Gasteiger partial charge in [0.1, 0.15) is 4.92 Å². The molecule has 0 bridgehead atoms. The van der Waals surface area contributed by atoms with Gasteiger partial charge in [-0.15, -0.1) is 0 Å². The predicted molar refractivity (Wildman–Crippen MR) is 63.5 cm³/mol. The SMILES string of the molecule is CC(=O)N1CCN(C(=O)c2ccc([N+](=O)[O-])o2)CC1. The van der Waals surface area contributed by atoms with Crippen molar-refractivity contribution >= 4 is 17.7 Å². The average Bonchev–Trinajstić information content (AvgIpc) is 2.87. The van der Waals surface area contributed by atoms with E-state index in [9.17, 15) is 19.7 Å². The molecule has 0 radical (unpaired) electrons. The normalized spacial score (nSPS) is 15.4. The molecule has 102 valence electrons.